The van der Waals surface area contributed by atoms with E-state index in [-0.39, 0.29) is 43.6 Å². The Bertz CT molecular complexity index is 1220. The van der Waals surface area contributed by atoms with Crippen molar-refractivity contribution in [2.75, 3.05) is 44.8 Å². The number of hydrogen-bond donors (Lipinski definition) is 2. The predicted molar refractivity (Wildman–Crippen MR) is 134 cm³/mol. The topological polar surface area (TPSA) is 100 Å². The molecule has 0 aliphatic carbocycles. The summed E-state index contributed by atoms with van der Waals surface area (Å²) in [4.78, 5) is 41.3. The first-order valence-electron chi connectivity index (χ1n) is 12.6. The van der Waals surface area contributed by atoms with Crippen molar-refractivity contribution >= 4 is 23.4 Å². The zero-order valence-corrected chi connectivity index (χ0v) is 20.8. The van der Waals surface area contributed by atoms with Crippen LogP contribution in [0.2, 0.25) is 0 Å². The average molecular weight is 511 g/mol. The van der Waals surface area contributed by atoms with Crippen molar-refractivity contribution in [1.82, 2.24) is 15.1 Å². The van der Waals surface area contributed by atoms with Gasteiger partial charge in [0.1, 0.15) is 23.7 Å². The number of piperidine rings is 1. The number of carbonyl (C=O) groups excluding carboxylic acids is 3. The molecule has 0 spiro atoms. The van der Waals surface area contributed by atoms with Crippen molar-refractivity contribution < 1.29 is 28.2 Å². The number of ether oxygens (including phenoxy) is 2. The zero-order chi connectivity index (χ0) is 26.0. The quantitative estimate of drug-likeness (QED) is 0.526. The van der Waals surface area contributed by atoms with Crippen LogP contribution >= 0.6 is 0 Å². The van der Waals surface area contributed by atoms with Crippen molar-refractivity contribution in [3.05, 3.63) is 58.9 Å². The summed E-state index contributed by atoms with van der Waals surface area (Å²) >= 11 is 0. The Morgan fingerprint density at radius 1 is 1.16 bits per heavy atom. The van der Waals surface area contributed by atoms with Crippen LogP contribution in [0, 0.1) is 5.82 Å². The number of nitrogens with one attached hydrogen (secondary N) is 2. The van der Waals surface area contributed by atoms with E-state index in [0.29, 0.717) is 29.2 Å². The molecule has 0 bridgehead atoms. The molecule has 0 unspecified atom stereocenters. The maximum Gasteiger partial charge on any atom is 0.255 e. The summed E-state index contributed by atoms with van der Waals surface area (Å²) in [6, 6.07) is 10.0. The molecular weight excluding hydrogens is 479 g/mol. The third-order valence-corrected chi connectivity index (χ3v) is 7.41. The number of halogens is 1. The van der Waals surface area contributed by atoms with Gasteiger partial charge >= 0.3 is 0 Å². The molecule has 0 aromatic heterocycles. The number of amides is 3. The monoisotopic (exact) mass is 510 g/mol. The summed E-state index contributed by atoms with van der Waals surface area (Å²) in [6.45, 7) is 6.60. The zero-order valence-electron chi connectivity index (χ0n) is 20.8. The minimum atomic E-state index is -1.11. The predicted octanol–water partition coefficient (Wildman–Crippen LogP) is 2.30. The second-order valence-electron chi connectivity index (χ2n) is 9.78. The first kappa shape index (κ1) is 25.2. The molecule has 2 aromatic rings. The van der Waals surface area contributed by atoms with Gasteiger partial charge in [0.05, 0.1) is 13.2 Å². The standard InChI is InChI=1S/C27H31FN4O5/c1-27(8-7-24(33)30-26(27)35)32-17-21-20(25(32)34)3-2-4-23(21)29-16-18-15-19(5-6-22(18)28)37-14-11-31-9-12-36-13-10-31/h2-6,15,29H,7-14,16-17H2,1H3,(H,30,33,35)/t27-/m0/s1. The molecule has 2 N–H and O–H groups in total. The SMILES string of the molecule is C[C@]1(N2Cc3c(NCc4cc(OCCN5CCOCC5)ccc4F)cccc3C2=O)CCC(=O)NC1=O. The lowest BCUT2D eigenvalue weighted by Gasteiger charge is -2.39. The van der Waals surface area contributed by atoms with Crippen LogP contribution in [-0.2, 0) is 27.4 Å². The number of nitrogens with zero attached hydrogens (tertiary/aromatic N) is 2. The highest BCUT2D eigenvalue weighted by Crippen LogP contribution is 2.37. The van der Waals surface area contributed by atoms with E-state index in [2.05, 4.69) is 15.5 Å². The molecule has 2 aromatic carbocycles. The van der Waals surface area contributed by atoms with Crippen molar-refractivity contribution in [1.29, 1.82) is 0 Å². The van der Waals surface area contributed by atoms with Crippen LogP contribution < -0.4 is 15.4 Å². The number of benzene rings is 2. The molecule has 196 valence electrons. The van der Waals surface area contributed by atoms with Gasteiger partial charge in [0.2, 0.25) is 5.91 Å². The van der Waals surface area contributed by atoms with E-state index in [1.165, 1.54) is 11.0 Å². The molecule has 3 aliphatic rings. The molecule has 2 fully saturated rings. The van der Waals surface area contributed by atoms with Crippen LogP contribution in [-0.4, -0.2) is 72.5 Å². The second-order valence-corrected chi connectivity index (χ2v) is 9.78. The van der Waals surface area contributed by atoms with Crippen LogP contribution in [0.5, 0.6) is 5.75 Å². The van der Waals surface area contributed by atoms with E-state index in [9.17, 15) is 18.8 Å². The molecule has 3 heterocycles. The van der Waals surface area contributed by atoms with Crippen molar-refractivity contribution in [3.63, 3.8) is 0 Å². The molecule has 5 rings (SSSR count). The molecule has 3 aliphatic heterocycles. The summed E-state index contributed by atoms with van der Waals surface area (Å²) in [5.41, 5.74) is 1.27. The van der Waals surface area contributed by atoms with Crippen molar-refractivity contribution in [3.8, 4) is 5.75 Å². The van der Waals surface area contributed by atoms with Crippen molar-refractivity contribution in [2.45, 2.75) is 38.4 Å². The largest absolute Gasteiger partial charge is 0.492 e. The van der Waals surface area contributed by atoms with E-state index in [0.717, 1.165) is 38.4 Å². The maximum atomic E-state index is 14.6. The van der Waals surface area contributed by atoms with Gasteiger partial charge in [-0.15, -0.1) is 0 Å². The molecular formula is C27H31FN4O5. The highest BCUT2D eigenvalue weighted by atomic mass is 19.1. The fourth-order valence-corrected chi connectivity index (χ4v) is 5.03. The Kier molecular flexibility index (Phi) is 7.12. The molecule has 2 saturated heterocycles. The first-order valence-corrected chi connectivity index (χ1v) is 12.6. The van der Waals surface area contributed by atoms with Gasteiger partial charge < -0.3 is 19.7 Å². The lowest BCUT2D eigenvalue weighted by Crippen LogP contribution is -2.61. The van der Waals surface area contributed by atoms with Gasteiger partial charge in [0.25, 0.3) is 11.8 Å². The Balaban J connectivity index is 1.25. The molecule has 0 saturated carbocycles. The third kappa shape index (κ3) is 5.17. The Morgan fingerprint density at radius 3 is 2.76 bits per heavy atom. The lowest BCUT2D eigenvalue weighted by atomic mass is 9.89. The van der Waals surface area contributed by atoms with Crippen LogP contribution in [0.15, 0.2) is 36.4 Å². The van der Waals surface area contributed by atoms with E-state index in [1.807, 2.05) is 6.07 Å². The number of rotatable bonds is 8. The summed E-state index contributed by atoms with van der Waals surface area (Å²) in [5, 5.41) is 5.61. The second kappa shape index (κ2) is 10.5. The van der Waals surface area contributed by atoms with Gasteiger partial charge in [-0.05, 0) is 43.7 Å². The van der Waals surface area contributed by atoms with Crippen molar-refractivity contribution in [2.24, 2.45) is 0 Å². The molecule has 37 heavy (non-hydrogen) atoms. The Morgan fingerprint density at radius 2 is 1.97 bits per heavy atom. The summed E-state index contributed by atoms with van der Waals surface area (Å²) in [7, 11) is 0. The van der Waals surface area contributed by atoms with Gasteiger partial charge in [0.15, 0.2) is 0 Å². The molecule has 1 atom stereocenters. The van der Waals surface area contributed by atoms with Crippen LogP contribution in [0.1, 0.15) is 41.3 Å². The first-order chi connectivity index (χ1) is 17.8. The lowest BCUT2D eigenvalue weighted by molar-refractivity contribution is -0.142. The Hall–Kier alpha value is -3.50. The van der Waals surface area contributed by atoms with Gasteiger partial charge in [-0.3, -0.25) is 24.6 Å². The Labute approximate surface area is 214 Å². The van der Waals surface area contributed by atoms with Gasteiger partial charge in [-0.1, -0.05) is 6.07 Å². The van der Waals surface area contributed by atoms with Crippen LogP contribution in [0.25, 0.3) is 0 Å². The number of imide groups is 1. The number of anilines is 1. The van der Waals surface area contributed by atoms with E-state index in [4.69, 9.17) is 9.47 Å². The number of morpholine rings is 1. The highest BCUT2D eigenvalue weighted by molar-refractivity contribution is 6.07. The molecule has 0 radical (unpaired) electrons. The number of fused-ring (bicyclic) bond motifs is 1. The summed E-state index contributed by atoms with van der Waals surface area (Å²) in [5.74, 6) is -0.811. The smallest absolute Gasteiger partial charge is 0.255 e. The minimum absolute atomic E-state index is 0.178. The summed E-state index contributed by atoms with van der Waals surface area (Å²) in [6.07, 6.45) is 0.446. The maximum absolute atomic E-state index is 14.6. The molecule has 9 nitrogen and oxygen atoms in total. The molecule has 10 heteroatoms. The third-order valence-electron chi connectivity index (χ3n) is 7.41. The fourth-order valence-electron chi connectivity index (χ4n) is 5.03. The summed E-state index contributed by atoms with van der Waals surface area (Å²) < 4.78 is 25.8. The fraction of sp³-hybridized carbons (Fsp3) is 0.444. The molecule has 3 amide bonds. The van der Waals surface area contributed by atoms with Gasteiger partial charge in [-0.2, -0.15) is 0 Å². The normalized spacial score (nSPS) is 22.1. The average Bonchev–Trinajstić information content (AvgIpc) is 3.25. The number of carbonyl (C=O) groups is 3. The van der Waals surface area contributed by atoms with E-state index < -0.39 is 11.4 Å². The van der Waals surface area contributed by atoms with Gasteiger partial charge in [0, 0.05) is 61.5 Å². The van der Waals surface area contributed by atoms with Crippen LogP contribution in [0.3, 0.4) is 0 Å². The number of hydrogen-bond acceptors (Lipinski definition) is 7. The highest BCUT2D eigenvalue weighted by Gasteiger charge is 2.48. The van der Waals surface area contributed by atoms with Crippen LogP contribution in [0.4, 0.5) is 10.1 Å². The van der Waals surface area contributed by atoms with E-state index in [1.54, 1.807) is 31.2 Å². The minimum Gasteiger partial charge on any atom is -0.492 e. The van der Waals surface area contributed by atoms with E-state index >= 15 is 0 Å². The van der Waals surface area contributed by atoms with Gasteiger partial charge in [-0.25, -0.2) is 4.39 Å².